The Kier molecular flexibility index (Phi) is 5.36. The molecule has 1 aromatic rings. The third-order valence-electron chi connectivity index (χ3n) is 5.28. The largest absolute Gasteiger partial charge is 0.481 e. The van der Waals surface area contributed by atoms with Crippen molar-refractivity contribution >= 4 is 17.8 Å². The number of carboxylic acids is 1. The van der Waals surface area contributed by atoms with Crippen molar-refractivity contribution < 1.29 is 19.5 Å². The van der Waals surface area contributed by atoms with Gasteiger partial charge in [0, 0.05) is 18.2 Å². The van der Waals surface area contributed by atoms with Gasteiger partial charge in [-0.25, -0.2) is 0 Å². The highest BCUT2D eigenvalue weighted by Crippen LogP contribution is 2.40. The van der Waals surface area contributed by atoms with Gasteiger partial charge in [-0.15, -0.1) is 0 Å². The molecule has 1 heterocycles. The zero-order valence-electron chi connectivity index (χ0n) is 14.2. The smallest absolute Gasteiger partial charge is 0.305 e. The first-order valence-electron chi connectivity index (χ1n) is 8.95. The average Bonchev–Trinajstić information content (AvgIpc) is 3.01. The van der Waals surface area contributed by atoms with Gasteiger partial charge in [0.05, 0.1) is 6.42 Å². The second kappa shape index (κ2) is 7.68. The molecule has 0 unspecified atom stereocenters. The molecule has 1 saturated carbocycles. The first-order chi connectivity index (χ1) is 12.1. The van der Waals surface area contributed by atoms with E-state index in [0.29, 0.717) is 17.9 Å². The summed E-state index contributed by atoms with van der Waals surface area (Å²) in [4.78, 5) is 38.1. The van der Waals surface area contributed by atoms with Gasteiger partial charge < -0.3 is 15.3 Å². The highest BCUT2D eigenvalue weighted by Gasteiger charge is 2.47. The highest BCUT2D eigenvalue weighted by molar-refractivity contribution is 5.98. The molecule has 3 atom stereocenters. The van der Waals surface area contributed by atoms with Crippen molar-refractivity contribution in [3.8, 4) is 0 Å². The van der Waals surface area contributed by atoms with Crippen LogP contribution in [0, 0.1) is 5.92 Å². The molecule has 1 aromatic carbocycles. The minimum absolute atomic E-state index is 0.0906. The summed E-state index contributed by atoms with van der Waals surface area (Å²) in [6, 6.07) is 8.66. The number of carbonyl (C=O) groups is 3. The number of rotatable bonds is 5. The average molecular weight is 344 g/mol. The fourth-order valence-corrected chi connectivity index (χ4v) is 4.13. The third kappa shape index (κ3) is 3.83. The van der Waals surface area contributed by atoms with Gasteiger partial charge in [0.2, 0.25) is 5.91 Å². The van der Waals surface area contributed by atoms with Gasteiger partial charge in [0.25, 0.3) is 5.91 Å². The lowest BCUT2D eigenvalue weighted by molar-refractivity contribution is -0.137. The number of nitrogens with zero attached hydrogens (tertiary/aromatic N) is 1. The maximum Gasteiger partial charge on any atom is 0.305 e. The van der Waals surface area contributed by atoms with Gasteiger partial charge in [-0.05, 0) is 37.3 Å². The Bertz CT molecular complexity index is 646. The third-order valence-corrected chi connectivity index (χ3v) is 5.28. The zero-order valence-corrected chi connectivity index (χ0v) is 14.2. The molecule has 6 heteroatoms. The van der Waals surface area contributed by atoms with E-state index in [1.165, 1.54) is 0 Å². The van der Waals surface area contributed by atoms with E-state index in [9.17, 15) is 14.4 Å². The van der Waals surface area contributed by atoms with Crippen LogP contribution in [0.4, 0.5) is 0 Å². The van der Waals surface area contributed by atoms with Crippen LogP contribution >= 0.6 is 0 Å². The number of carboxylic acid groups (broad SMARTS) is 1. The molecule has 1 saturated heterocycles. The van der Waals surface area contributed by atoms with Crippen molar-refractivity contribution in [2.75, 3.05) is 6.54 Å². The number of fused-ring (bicyclic) bond motifs is 1. The number of likely N-dealkylation sites (tertiary alicyclic amines) is 1. The Hall–Kier alpha value is -2.37. The first-order valence-corrected chi connectivity index (χ1v) is 8.95. The summed E-state index contributed by atoms with van der Waals surface area (Å²) in [5.41, 5.74) is 0.594. The lowest BCUT2D eigenvalue weighted by Crippen LogP contribution is -2.49. The molecular formula is C19H24N2O4. The zero-order chi connectivity index (χ0) is 17.8. The standard InChI is InChI=1S/C19H24N2O4/c22-17(23)10-11-20-18(24)16-12-14-8-4-5-9-15(14)21(16)19(25)13-6-2-1-3-7-13/h1-3,6-7,14-16H,4-5,8-12H2,(H,20,24)(H,22,23)/t14-,15+,16-/m0/s1. The molecule has 134 valence electrons. The van der Waals surface area contributed by atoms with E-state index in [1.807, 2.05) is 18.2 Å². The monoisotopic (exact) mass is 344 g/mol. The Morgan fingerprint density at radius 2 is 1.84 bits per heavy atom. The number of nitrogens with one attached hydrogen (secondary N) is 1. The number of amides is 2. The quantitative estimate of drug-likeness (QED) is 0.856. The van der Waals surface area contributed by atoms with E-state index in [0.717, 1.165) is 25.7 Å². The van der Waals surface area contributed by atoms with E-state index < -0.39 is 12.0 Å². The van der Waals surface area contributed by atoms with Crippen LogP contribution < -0.4 is 5.32 Å². The molecule has 25 heavy (non-hydrogen) atoms. The Balaban J connectivity index is 1.78. The predicted octanol–water partition coefficient (Wildman–Crippen LogP) is 2.05. The van der Waals surface area contributed by atoms with Crippen molar-refractivity contribution in [3.05, 3.63) is 35.9 Å². The Morgan fingerprint density at radius 3 is 2.56 bits per heavy atom. The molecule has 1 aliphatic heterocycles. The van der Waals surface area contributed by atoms with Crippen molar-refractivity contribution in [2.45, 2.75) is 50.6 Å². The Labute approximate surface area is 147 Å². The van der Waals surface area contributed by atoms with Crippen LogP contribution in [0.15, 0.2) is 30.3 Å². The van der Waals surface area contributed by atoms with Crippen molar-refractivity contribution in [2.24, 2.45) is 5.92 Å². The number of hydrogen-bond acceptors (Lipinski definition) is 3. The van der Waals surface area contributed by atoms with Gasteiger partial charge in [0.15, 0.2) is 0 Å². The van der Waals surface area contributed by atoms with Crippen molar-refractivity contribution in [1.82, 2.24) is 10.2 Å². The van der Waals surface area contributed by atoms with Gasteiger partial charge >= 0.3 is 5.97 Å². The molecule has 2 amide bonds. The van der Waals surface area contributed by atoms with Crippen LogP contribution in [-0.2, 0) is 9.59 Å². The van der Waals surface area contributed by atoms with Crippen LogP contribution in [0.25, 0.3) is 0 Å². The molecule has 0 aromatic heterocycles. The summed E-state index contributed by atoms with van der Waals surface area (Å²) in [6.45, 7) is 0.0906. The molecule has 6 nitrogen and oxygen atoms in total. The molecule has 1 aliphatic carbocycles. The summed E-state index contributed by atoms with van der Waals surface area (Å²) < 4.78 is 0. The van der Waals surface area contributed by atoms with Crippen LogP contribution in [0.2, 0.25) is 0 Å². The molecule has 0 spiro atoms. The number of aliphatic carboxylic acids is 1. The van der Waals surface area contributed by atoms with E-state index >= 15 is 0 Å². The minimum atomic E-state index is -0.947. The number of benzene rings is 1. The summed E-state index contributed by atoms with van der Waals surface area (Å²) >= 11 is 0. The molecule has 3 rings (SSSR count). The minimum Gasteiger partial charge on any atom is -0.481 e. The second-order valence-corrected chi connectivity index (χ2v) is 6.88. The summed E-state index contributed by atoms with van der Waals surface area (Å²) in [5, 5.41) is 11.4. The number of carbonyl (C=O) groups excluding carboxylic acids is 2. The van der Waals surface area contributed by atoms with E-state index in [-0.39, 0.29) is 30.8 Å². The first kappa shape index (κ1) is 17.5. The summed E-state index contributed by atoms with van der Waals surface area (Å²) in [7, 11) is 0. The lowest BCUT2D eigenvalue weighted by atomic mass is 9.84. The SMILES string of the molecule is O=C(O)CCNC(=O)[C@@H]1C[C@@H]2CCCC[C@H]2N1C(=O)c1ccccc1. The van der Waals surface area contributed by atoms with Gasteiger partial charge in [-0.3, -0.25) is 14.4 Å². The maximum absolute atomic E-state index is 13.1. The molecule has 0 radical (unpaired) electrons. The predicted molar refractivity (Wildman–Crippen MR) is 92.0 cm³/mol. The van der Waals surface area contributed by atoms with Gasteiger partial charge in [-0.2, -0.15) is 0 Å². The normalized spacial score (nSPS) is 25.3. The summed E-state index contributed by atoms with van der Waals surface area (Å²) in [5.74, 6) is -0.928. The second-order valence-electron chi connectivity index (χ2n) is 6.88. The lowest BCUT2D eigenvalue weighted by Gasteiger charge is -2.33. The van der Waals surface area contributed by atoms with Crippen LogP contribution in [0.5, 0.6) is 0 Å². The van der Waals surface area contributed by atoms with Gasteiger partial charge in [-0.1, -0.05) is 31.0 Å². The topological polar surface area (TPSA) is 86.7 Å². The van der Waals surface area contributed by atoms with Gasteiger partial charge in [0.1, 0.15) is 6.04 Å². The molecule has 2 aliphatic rings. The maximum atomic E-state index is 13.1. The van der Waals surface area contributed by atoms with E-state index in [2.05, 4.69) is 5.32 Å². The molecular weight excluding hydrogens is 320 g/mol. The fraction of sp³-hybridized carbons (Fsp3) is 0.526. The van der Waals surface area contributed by atoms with Crippen LogP contribution in [0.3, 0.4) is 0 Å². The van der Waals surface area contributed by atoms with Crippen LogP contribution in [0.1, 0.15) is 48.9 Å². The molecule has 2 N–H and O–H groups in total. The molecule has 0 bridgehead atoms. The van der Waals surface area contributed by atoms with Crippen molar-refractivity contribution in [3.63, 3.8) is 0 Å². The van der Waals surface area contributed by atoms with E-state index in [4.69, 9.17) is 5.11 Å². The van der Waals surface area contributed by atoms with Crippen molar-refractivity contribution in [1.29, 1.82) is 0 Å². The highest BCUT2D eigenvalue weighted by atomic mass is 16.4. The Morgan fingerprint density at radius 1 is 1.12 bits per heavy atom. The fourth-order valence-electron chi connectivity index (χ4n) is 4.13. The van der Waals surface area contributed by atoms with E-state index in [1.54, 1.807) is 17.0 Å². The van der Waals surface area contributed by atoms with Crippen LogP contribution in [-0.4, -0.2) is 46.4 Å². The summed E-state index contributed by atoms with van der Waals surface area (Å²) in [6.07, 6.45) is 4.75. The number of hydrogen-bond donors (Lipinski definition) is 2. The molecule has 2 fully saturated rings.